The smallest absolute Gasteiger partial charge is 0.249 e. The summed E-state index contributed by atoms with van der Waals surface area (Å²) >= 11 is 3.77. The Morgan fingerprint density at radius 1 is 1.50 bits per heavy atom. The van der Waals surface area contributed by atoms with Gasteiger partial charge in [-0.2, -0.15) is 5.26 Å². The summed E-state index contributed by atoms with van der Waals surface area (Å²) in [5, 5.41) is 8.53. The summed E-state index contributed by atoms with van der Waals surface area (Å²) in [7, 11) is 0. The SMILES string of the molecule is N#CCc1c(I)ncc(C(F)F)c1I. The van der Waals surface area contributed by atoms with Gasteiger partial charge >= 0.3 is 0 Å². The van der Waals surface area contributed by atoms with Crippen LogP contribution in [0.3, 0.4) is 0 Å². The second kappa shape index (κ2) is 5.16. The van der Waals surface area contributed by atoms with Crippen molar-refractivity contribution >= 4 is 45.2 Å². The van der Waals surface area contributed by atoms with Crippen molar-refractivity contribution in [3.63, 3.8) is 0 Å². The Morgan fingerprint density at radius 2 is 2.14 bits per heavy atom. The van der Waals surface area contributed by atoms with Crippen LogP contribution < -0.4 is 0 Å². The molecule has 1 aromatic heterocycles. The van der Waals surface area contributed by atoms with Gasteiger partial charge in [0.25, 0.3) is 6.43 Å². The highest BCUT2D eigenvalue weighted by Gasteiger charge is 2.17. The van der Waals surface area contributed by atoms with Crippen molar-refractivity contribution in [3.8, 4) is 6.07 Å². The first-order valence-corrected chi connectivity index (χ1v) is 5.71. The molecule has 0 saturated carbocycles. The van der Waals surface area contributed by atoms with E-state index in [0.717, 1.165) is 6.20 Å². The maximum Gasteiger partial charge on any atom is 0.266 e. The molecule has 0 N–H and O–H groups in total. The lowest BCUT2D eigenvalue weighted by molar-refractivity contribution is 0.150. The molecule has 6 heteroatoms. The molecule has 0 spiro atoms. The highest BCUT2D eigenvalue weighted by atomic mass is 127. The standard InChI is InChI=1S/C8H4F2I2N2/c9-7(10)5-3-14-8(12)4(1-2-13)6(5)11/h3,7H,1H2. The molecule has 0 aliphatic heterocycles. The second-order valence-electron chi connectivity index (χ2n) is 2.43. The quantitative estimate of drug-likeness (QED) is 0.544. The maximum atomic E-state index is 12.4. The zero-order valence-electron chi connectivity index (χ0n) is 6.77. The molecular formula is C8H4F2I2N2. The highest BCUT2D eigenvalue weighted by molar-refractivity contribution is 14.1. The van der Waals surface area contributed by atoms with E-state index >= 15 is 0 Å². The molecule has 74 valence electrons. The number of pyridine rings is 1. The van der Waals surface area contributed by atoms with Crippen LogP contribution in [-0.4, -0.2) is 4.98 Å². The molecule has 0 unspecified atom stereocenters. The Hall–Kier alpha value is -0.0400. The van der Waals surface area contributed by atoms with Gasteiger partial charge in [-0.15, -0.1) is 0 Å². The fraction of sp³-hybridized carbons (Fsp3) is 0.250. The molecule has 0 aliphatic carbocycles. The van der Waals surface area contributed by atoms with Crippen molar-refractivity contribution in [1.82, 2.24) is 4.98 Å². The Bertz CT molecular complexity index is 388. The number of aromatic nitrogens is 1. The highest BCUT2D eigenvalue weighted by Crippen LogP contribution is 2.28. The molecule has 2 nitrogen and oxygen atoms in total. The topological polar surface area (TPSA) is 36.7 Å². The van der Waals surface area contributed by atoms with Crippen molar-refractivity contribution in [3.05, 3.63) is 24.6 Å². The van der Waals surface area contributed by atoms with Crippen LogP contribution in [0.25, 0.3) is 0 Å². The molecule has 1 heterocycles. The third-order valence-electron chi connectivity index (χ3n) is 1.58. The number of rotatable bonds is 2. The molecule has 1 rings (SSSR count). The minimum atomic E-state index is -2.54. The van der Waals surface area contributed by atoms with Gasteiger partial charge in [0, 0.05) is 20.9 Å². The van der Waals surface area contributed by atoms with Gasteiger partial charge < -0.3 is 0 Å². The fourth-order valence-electron chi connectivity index (χ4n) is 0.907. The predicted octanol–water partition coefficient (Wildman–Crippen LogP) is 3.29. The summed E-state index contributed by atoms with van der Waals surface area (Å²) < 4.78 is 26.0. The van der Waals surface area contributed by atoms with Gasteiger partial charge in [0.1, 0.15) is 3.70 Å². The first-order valence-electron chi connectivity index (χ1n) is 3.55. The molecular weight excluding hydrogens is 416 g/mol. The van der Waals surface area contributed by atoms with E-state index in [1.807, 2.05) is 51.3 Å². The van der Waals surface area contributed by atoms with E-state index in [-0.39, 0.29) is 12.0 Å². The molecule has 14 heavy (non-hydrogen) atoms. The Morgan fingerprint density at radius 3 is 2.64 bits per heavy atom. The van der Waals surface area contributed by atoms with E-state index in [2.05, 4.69) is 4.98 Å². The number of hydrogen-bond acceptors (Lipinski definition) is 2. The monoisotopic (exact) mass is 420 g/mol. The summed E-state index contributed by atoms with van der Waals surface area (Å²) in [6, 6.07) is 1.94. The summed E-state index contributed by atoms with van der Waals surface area (Å²) in [4.78, 5) is 3.83. The van der Waals surface area contributed by atoms with Gasteiger partial charge in [0.15, 0.2) is 0 Å². The van der Waals surface area contributed by atoms with E-state index < -0.39 is 6.43 Å². The van der Waals surface area contributed by atoms with Crippen molar-refractivity contribution in [2.45, 2.75) is 12.8 Å². The number of nitriles is 1. The van der Waals surface area contributed by atoms with Crippen LogP contribution in [0.2, 0.25) is 0 Å². The van der Waals surface area contributed by atoms with E-state index in [9.17, 15) is 8.78 Å². The van der Waals surface area contributed by atoms with Crippen LogP contribution in [0, 0.1) is 18.6 Å². The predicted molar refractivity (Wildman–Crippen MR) is 63.9 cm³/mol. The first kappa shape index (κ1) is 12.0. The van der Waals surface area contributed by atoms with Crippen LogP contribution in [0.4, 0.5) is 8.78 Å². The van der Waals surface area contributed by atoms with E-state index in [0.29, 0.717) is 12.8 Å². The van der Waals surface area contributed by atoms with Crippen molar-refractivity contribution < 1.29 is 8.78 Å². The molecule has 0 aromatic carbocycles. The lowest BCUT2D eigenvalue weighted by atomic mass is 10.2. The summed E-state index contributed by atoms with van der Waals surface area (Å²) in [5.74, 6) is 0. The normalized spacial score (nSPS) is 10.3. The van der Waals surface area contributed by atoms with Gasteiger partial charge in [-0.1, -0.05) is 0 Å². The summed E-state index contributed by atoms with van der Waals surface area (Å²) in [5.41, 5.74) is 0.489. The molecule has 1 aromatic rings. The van der Waals surface area contributed by atoms with Crippen molar-refractivity contribution in [2.75, 3.05) is 0 Å². The van der Waals surface area contributed by atoms with Crippen LogP contribution >= 0.6 is 45.2 Å². The Labute approximate surface area is 107 Å². The van der Waals surface area contributed by atoms with Gasteiger partial charge in [-0.25, -0.2) is 13.8 Å². The minimum Gasteiger partial charge on any atom is -0.249 e. The van der Waals surface area contributed by atoms with E-state index in [4.69, 9.17) is 5.26 Å². The molecule has 0 bridgehead atoms. The lowest BCUT2D eigenvalue weighted by Gasteiger charge is -2.07. The Kier molecular flexibility index (Phi) is 4.43. The third kappa shape index (κ3) is 2.50. The Balaban J connectivity index is 3.27. The number of halogens is 4. The van der Waals surface area contributed by atoms with Crippen LogP contribution in [0.15, 0.2) is 6.20 Å². The summed E-state index contributed by atoms with van der Waals surface area (Å²) in [6.45, 7) is 0. The number of alkyl halides is 2. The zero-order chi connectivity index (χ0) is 10.7. The number of hydrogen-bond donors (Lipinski definition) is 0. The van der Waals surface area contributed by atoms with Gasteiger partial charge in [-0.05, 0) is 45.2 Å². The molecule has 0 atom stereocenters. The van der Waals surface area contributed by atoms with Gasteiger partial charge in [0.05, 0.1) is 12.5 Å². The largest absolute Gasteiger partial charge is 0.266 e. The first-order chi connectivity index (χ1) is 6.57. The minimum absolute atomic E-state index is 0.101. The van der Waals surface area contributed by atoms with E-state index in [1.54, 1.807) is 0 Å². The van der Waals surface area contributed by atoms with Crippen LogP contribution in [0.1, 0.15) is 17.6 Å². The third-order valence-corrected chi connectivity index (χ3v) is 3.78. The molecule has 0 saturated heterocycles. The van der Waals surface area contributed by atoms with Crippen LogP contribution in [0.5, 0.6) is 0 Å². The fourth-order valence-corrected chi connectivity index (χ4v) is 2.84. The lowest BCUT2D eigenvalue weighted by Crippen LogP contribution is -2.01. The van der Waals surface area contributed by atoms with Crippen molar-refractivity contribution in [2.24, 2.45) is 0 Å². The molecule has 0 aliphatic rings. The average molecular weight is 420 g/mol. The second-order valence-corrected chi connectivity index (χ2v) is 4.53. The average Bonchev–Trinajstić information content (AvgIpc) is 2.11. The molecule has 0 amide bonds. The van der Waals surface area contributed by atoms with Crippen molar-refractivity contribution in [1.29, 1.82) is 5.26 Å². The van der Waals surface area contributed by atoms with Gasteiger partial charge in [-0.3, -0.25) is 0 Å². The number of nitrogens with zero attached hydrogens (tertiary/aromatic N) is 2. The molecule has 0 fully saturated rings. The zero-order valence-corrected chi connectivity index (χ0v) is 11.1. The summed E-state index contributed by atoms with van der Waals surface area (Å²) in [6.07, 6.45) is -1.26. The van der Waals surface area contributed by atoms with Gasteiger partial charge in [0.2, 0.25) is 0 Å². The van der Waals surface area contributed by atoms with E-state index in [1.165, 1.54) is 0 Å². The molecule has 0 radical (unpaired) electrons. The maximum absolute atomic E-state index is 12.4. The van der Waals surface area contributed by atoms with Crippen LogP contribution in [-0.2, 0) is 6.42 Å².